The van der Waals surface area contributed by atoms with Crippen LogP contribution >= 0.6 is 0 Å². The highest BCUT2D eigenvalue weighted by Crippen LogP contribution is 2.34. The van der Waals surface area contributed by atoms with Gasteiger partial charge in [0.05, 0.1) is 6.20 Å². The smallest absolute Gasteiger partial charge is 0.244 e. The fourth-order valence-electron chi connectivity index (χ4n) is 2.16. The van der Waals surface area contributed by atoms with Gasteiger partial charge in [-0.15, -0.1) is 5.10 Å². The SMILES string of the molecule is CN(C)CCCNc1nncc(Nc2ccc3c(c2)OCO3)n1. The van der Waals surface area contributed by atoms with Crippen LogP contribution in [0.4, 0.5) is 17.5 Å². The van der Waals surface area contributed by atoms with Gasteiger partial charge in [-0.1, -0.05) is 0 Å². The molecule has 2 heterocycles. The number of hydrogen-bond donors (Lipinski definition) is 2. The molecular formula is C15H20N6O2. The third-order valence-corrected chi connectivity index (χ3v) is 3.27. The molecule has 1 aliphatic rings. The van der Waals surface area contributed by atoms with Crippen LogP contribution < -0.4 is 20.1 Å². The molecule has 0 aliphatic carbocycles. The lowest BCUT2D eigenvalue weighted by Crippen LogP contribution is -2.17. The number of anilines is 3. The summed E-state index contributed by atoms with van der Waals surface area (Å²) in [6.07, 6.45) is 2.59. The number of nitrogens with zero attached hydrogens (tertiary/aromatic N) is 4. The molecule has 0 spiro atoms. The molecule has 0 amide bonds. The molecule has 0 bridgehead atoms. The average molecular weight is 316 g/mol. The van der Waals surface area contributed by atoms with Crippen LogP contribution in [0.15, 0.2) is 24.4 Å². The second-order valence-electron chi connectivity index (χ2n) is 5.44. The fourth-order valence-corrected chi connectivity index (χ4v) is 2.16. The molecule has 0 atom stereocenters. The third kappa shape index (κ3) is 4.19. The molecule has 3 rings (SSSR count). The topological polar surface area (TPSA) is 84.4 Å². The maximum atomic E-state index is 5.36. The van der Waals surface area contributed by atoms with Crippen LogP contribution in [-0.4, -0.2) is 54.1 Å². The Morgan fingerprint density at radius 2 is 2.09 bits per heavy atom. The highest BCUT2D eigenvalue weighted by Gasteiger charge is 2.13. The Hall–Kier alpha value is -2.61. The third-order valence-electron chi connectivity index (χ3n) is 3.27. The maximum Gasteiger partial charge on any atom is 0.244 e. The second-order valence-corrected chi connectivity index (χ2v) is 5.44. The predicted octanol–water partition coefficient (Wildman–Crippen LogP) is 1.71. The summed E-state index contributed by atoms with van der Waals surface area (Å²) in [5.74, 6) is 2.60. The minimum atomic E-state index is 0.259. The molecule has 8 heteroatoms. The molecule has 1 aromatic heterocycles. The number of fused-ring (bicyclic) bond motifs is 1. The summed E-state index contributed by atoms with van der Waals surface area (Å²) >= 11 is 0. The molecule has 2 N–H and O–H groups in total. The summed E-state index contributed by atoms with van der Waals surface area (Å²) in [6, 6.07) is 5.63. The number of rotatable bonds is 7. The van der Waals surface area contributed by atoms with Crippen LogP contribution in [0.2, 0.25) is 0 Å². The number of aromatic nitrogens is 3. The van der Waals surface area contributed by atoms with Crippen molar-refractivity contribution in [1.82, 2.24) is 20.1 Å². The van der Waals surface area contributed by atoms with E-state index < -0.39 is 0 Å². The molecule has 0 saturated carbocycles. The van der Waals surface area contributed by atoms with Crippen molar-refractivity contribution < 1.29 is 9.47 Å². The van der Waals surface area contributed by atoms with E-state index in [4.69, 9.17) is 9.47 Å². The Bertz CT molecular complexity index is 664. The molecule has 23 heavy (non-hydrogen) atoms. The summed E-state index contributed by atoms with van der Waals surface area (Å²) in [5.41, 5.74) is 0.855. The zero-order chi connectivity index (χ0) is 16.1. The summed E-state index contributed by atoms with van der Waals surface area (Å²) in [5, 5.41) is 14.3. The minimum Gasteiger partial charge on any atom is -0.454 e. The van der Waals surface area contributed by atoms with Crippen molar-refractivity contribution in [3.05, 3.63) is 24.4 Å². The minimum absolute atomic E-state index is 0.259. The molecule has 1 aliphatic heterocycles. The van der Waals surface area contributed by atoms with Gasteiger partial charge in [-0.2, -0.15) is 10.1 Å². The highest BCUT2D eigenvalue weighted by molar-refractivity contribution is 5.61. The van der Waals surface area contributed by atoms with Crippen LogP contribution in [0.1, 0.15) is 6.42 Å². The van der Waals surface area contributed by atoms with Gasteiger partial charge in [-0.3, -0.25) is 0 Å². The van der Waals surface area contributed by atoms with Gasteiger partial charge in [0.1, 0.15) is 0 Å². The van der Waals surface area contributed by atoms with Crippen LogP contribution in [0.25, 0.3) is 0 Å². The summed E-state index contributed by atoms with van der Waals surface area (Å²) < 4.78 is 10.7. The van der Waals surface area contributed by atoms with Gasteiger partial charge in [0, 0.05) is 18.3 Å². The molecule has 0 unspecified atom stereocenters. The Balaban J connectivity index is 1.59. The zero-order valence-electron chi connectivity index (χ0n) is 13.2. The number of benzene rings is 1. The molecule has 0 radical (unpaired) electrons. The quantitative estimate of drug-likeness (QED) is 0.747. The van der Waals surface area contributed by atoms with Gasteiger partial charge >= 0.3 is 0 Å². The largest absolute Gasteiger partial charge is 0.454 e. The summed E-state index contributed by atoms with van der Waals surface area (Å²) in [7, 11) is 4.10. The average Bonchev–Trinajstić information content (AvgIpc) is 2.99. The van der Waals surface area contributed by atoms with E-state index in [1.165, 1.54) is 0 Å². The lowest BCUT2D eigenvalue weighted by Gasteiger charge is -2.10. The van der Waals surface area contributed by atoms with Gasteiger partial charge in [0.25, 0.3) is 0 Å². The molecule has 8 nitrogen and oxygen atoms in total. The first-order valence-corrected chi connectivity index (χ1v) is 7.46. The van der Waals surface area contributed by atoms with Gasteiger partial charge in [-0.25, -0.2) is 0 Å². The number of ether oxygens (including phenoxy) is 2. The highest BCUT2D eigenvalue weighted by atomic mass is 16.7. The molecule has 0 fully saturated rings. The van der Waals surface area contributed by atoms with E-state index in [-0.39, 0.29) is 6.79 Å². The molecule has 1 aromatic carbocycles. The monoisotopic (exact) mass is 316 g/mol. The van der Waals surface area contributed by atoms with Crippen LogP contribution in [-0.2, 0) is 0 Å². The zero-order valence-corrected chi connectivity index (χ0v) is 13.2. The first-order valence-electron chi connectivity index (χ1n) is 7.46. The van der Waals surface area contributed by atoms with Gasteiger partial charge in [0.15, 0.2) is 17.3 Å². The second kappa shape index (κ2) is 7.10. The normalized spacial score (nSPS) is 12.5. The number of nitrogens with one attached hydrogen (secondary N) is 2. The predicted molar refractivity (Wildman–Crippen MR) is 87.3 cm³/mol. The number of hydrogen-bond acceptors (Lipinski definition) is 8. The standard InChI is InChI=1S/C15H20N6O2/c1-21(2)7-3-6-16-15-19-14(9-17-20-15)18-11-4-5-12-13(8-11)23-10-22-12/h4-5,8-9H,3,6-7,10H2,1-2H3,(H2,16,18,19,20). The van der Waals surface area contributed by atoms with Crippen molar-refractivity contribution in [3.8, 4) is 11.5 Å². The van der Waals surface area contributed by atoms with Crippen molar-refractivity contribution in [1.29, 1.82) is 0 Å². The lowest BCUT2D eigenvalue weighted by molar-refractivity contribution is 0.174. The Morgan fingerprint density at radius 1 is 1.22 bits per heavy atom. The Kier molecular flexibility index (Phi) is 4.72. The van der Waals surface area contributed by atoms with Crippen LogP contribution in [0, 0.1) is 0 Å². The Labute approximate surface area is 134 Å². The van der Waals surface area contributed by atoms with Gasteiger partial charge in [0.2, 0.25) is 12.7 Å². The van der Waals surface area contributed by atoms with Gasteiger partial charge < -0.3 is 25.0 Å². The first kappa shape index (κ1) is 15.3. The summed E-state index contributed by atoms with van der Waals surface area (Å²) in [4.78, 5) is 6.53. The fraction of sp³-hybridized carbons (Fsp3) is 0.400. The molecule has 0 saturated heterocycles. The van der Waals surface area contributed by atoms with Gasteiger partial charge in [-0.05, 0) is 39.2 Å². The van der Waals surface area contributed by atoms with E-state index in [9.17, 15) is 0 Å². The molecular weight excluding hydrogens is 296 g/mol. The van der Waals surface area contributed by atoms with Crippen molar-refractivity contribution >= 4 is 17.5 Å². The van der Waals surface area contributed by atoms with Crippen molar-refractivity contribution in [3.63, 3.8) is 0 Å². The summed E-state index contributed by atoms with van der Waals surface area (Å²) in [6.45, 7) is 2.07. The van der Waals surface area contributed by atoms with Crippen LogP contribution in [0.3, 0.4) is 0 Å². The van der Waals surface area contributed by atoms with E-state index in [0.29, 0.717) is 11.8 Å². The van der Waals surface area contributed by atoms with E-state index >= 15 is 0 Å². The van der Waals surface area contributed by atoms with Crippen molar-refractivity contribution in [2.75, 3.05) is 44.6 Å². The maximum absolute atomic E-state index is 5.36. The Morgan fingerprint density at radius 3 is 2.96 bits per heavy atom. The van der Waals surface area contributed by atoms with E-state index in [0.717, 1.165) is 36.7 Å². The van der Waals surface area contributed by atoms with E-state index in [1.807, 2.05) is 32.3 Å². The first-order chi connectivity index (χ1) is 11.2. The lowest BCUT2D eigenvalue weighted by atomic mass is 10.3. The molecule has 2 aromatic rings. The van der Waals surface area contributed by atoms with Crippen molar-refractivity contribution in [2.45, 2.75) is 6.42 Å². The molecule has 122 valence electrons. The van der Waals surface area contributed by atoms with Crippen LogP contribution in [0.5, 0.6) is 11.5 Å². The van der Waals surface area contributed by atoms with E-state index in [1.54, 1.807) is 6.20 Å². The van der Waals surface area contributed by atoms with E-state index in [2.05, 4.69) is 30.7 Å². The van der Waals surface area contributed by atoms with Crippen molar-refractivity contribution in [2.24, 2.45) is 0 Å².